The van der Waals surface area contributed by atoms with Crippen LogP contribution in [0.25, 0.3) is 0 Å². The van der Waals surface area contributed by atoms with Gasteiger partial charge in [-0.1, -0.05) is 26.7 Å². The van der Waals surface area contributed by atoms with Crippen LogP contribution in [0.2, 0.25) is 0 Å². The maximum Gasteiger partial charge on any atom is 0.106 e. The fourth-order valence-corrected chi connectivity index (χ4v) is 3.42. The van der Waals surface area contributed by atoms with Crippen molar-refractivity contribution < 1.29 is 0 Å². The van der Waals surface area contributed by atoms with Gasteiger partial charge in [-0.15, -0.1) is 0 Å². The molecule has 0 amide bonds. The third kappa shape index (κ3) is 3.25. The van der Waals surface area contributed by atoms with Gasteiger partial charge < -0.3 is 5.32 Å². The molecule has 1 aliphatic rings. The third-order valence-electron chi connectivity index (χ3n) is 4.07. The number of rotatable bonds is 3. The molecule has 1 aliphatic carbocycles. The van der Waals surface area contributed by atoms with Crippen molar-refractivity contribution in [2.45, 2.75) is 52.5 Å². The third-order valence-corrected chi connectivity index (χ3v) is 4.51. The zero-order valence-corrected chi connectivity index (χ0v) is 13.1. The lowest BCUT2D eigenvalue weighted by Crippen LogP contribution is -2.35. The van der Waals surface area contributed by atoms with Gasteiger partial charge in [-0.3, -0.25) is 0 Å². The van der Waals surface area contributed by atoms with E-state index in [0.717, 1.165) is 22.1 Å². The van der Waals surface area contributed by atoms with E-state index in [0.29, 0.717) is 6.04 Å². The Bertz CT molecular complexity index is 403. The number of hydrogen-bond acceptors (Lipinski definition) is 2. The predicted octanol–water partition coefficient (Wildman–Crippen LogP) is 4.78. The van der Waals surface area contributed by atoms with Gasteiger partial charge in [-0.05, 0) is 59.7 Å². The number of pyridine rings is 1. The minimum atomic E-state index is 0.612. The first-order chi connectivity index (χ1) is 8.58. The van der Waals surface area contributed by atoms with Crippen molar-refractivity contribution in [3.05, 3.63) is 22.4 Å². The fourth-order valence-electron chi connectivity index (χ4n) is 3.02. The molecule has 18 heavy (non-hydrogen) atoms. The van der Waals surface area contributed by atoms with Gasteiger partial charge in [0, 0.05) is 6.04 Å². The molecule has 1 fully saturated rings. The highest BCUT2D eigenvalue weighted by molar-refractivity contribution is 9.10. The van der Waals surface area contributed by atoms with Crippen LogP contribution in [0.1, 0.15) is 45.2 Å². The Kier molecular flexibility index (Phi) is 4.66. The van der Waals surface area contributed by atoms with Crippen LogP contribution >= 0.6 is 15.9 Å². The van der Waals surface area contributed by atoms with Gasteiger partial charge in [0.25, 0.3) is 0 Å². The highest BCUT2D eigenvalue weighted by atomic mass is 79.9. The maximum atomic E-state index is 4.46. The van der Waals surface area contributed by atoms with E-state index in [2.05, 4.69) is 53.1 Å². The average molecular weight is 311 g/mol. The summed E-state index contributed by atoms with van der Waals surface area (Å²) >= 11 is 3.42. The summed E-state index contributed by atoms with van der Waals surface area (Å²) in [6.07, 6.45) is 5.39. The molecular formula is C15H23BrN2. The molecule has 1 heterocycles. The monoisotopic (exact) mass is 310 g/mol. The van der Waals surface area contributed by atoms with E-state index in [-0.39, 0.29) is 0 Å². The van der Waals surface area contributed by atoms with E-state index in [1.807, 2.05) is 6.07 Å². The lowest BCUT2D eigenvalue weighted by molar-refractivity contribution is 0.253. The lowest BCUT2D eigenvalue weighted by Gasteiger charge is -2.35. The summed E-state index contributed by atoms with van der Waals surface area (Å²) < 4.78 is 0.912. The van der Waals surface area contributed by atoms with Crippen molar-refractivity contribution in [2.24, 2.45) is 11.8 Å². The molecule has 0 aromatic carbocycles. The van der Waals surface area contributed by atoms with Crippen LogP contribution < -0.4 is 5.32 Å². The largest absolute Gasteiger partial charge is 0.381 e. The van der Waals surface area contributed by atoms with Gasteiger partial charge >= 0.3 is 0 Å². The van der Waals surface area contributed by atoms with Gasteiger partial charge in [0.05, 0.1) is 11.4 Å². The lowest BCUT2D eigenvalue weighted by atomic mass is 9.78. The molecule has 1 saturated carbocycles. The molecule has 1 aromatic rings. The molecule has 1 N–H and O–H groups in total. The first-order valence-electron chi connectivity index (χ1n) is 6.97. The Labute approximate surface area is 119 Å². The van der Waals surface area contributed by atoms with Crippen LogP contribution in [0.15, 0.2) is 16.7 Å². The SMILES string of the molecule is Cc1nc(Br)ccc1NC1CCCCC1C(C)C. The summed E-state index contributed by atoms with van der Waals surface area (Å²) in [6, 6.07) is 4.77. The van der Waals surface area contributed by atoms with Gasteiger partial charge in [0.2, 0.25) is 0 Å². The second-order valence-electron chi connectivity index (χ2n) is 5.71. The van der Waals surface area contributed by atoms with Gasteiger partial charge in [-0.25, -0.2) is 4.98 Å². The fraction of sp³-hybridized carbons (Fsp3) is 0.667. The molecule has 0 spiro atoms. The van der Waals surface area contributed by atoms with E-state index in [1.54, 1.807) is 0 Å². The Morgan fingerprint density at radius 2 is 2.00 bits per heavy atom. The normalized spacial score (nSPS) is 24.3. The van der Waals surface area contributed by atoms with Gasteiger partial charge in [0.1, 0.15) is 4.60 Å². The summed E-state index contributed by atoms with van der Waals surface area (Å²) in [6.45, 7) is 6.76. The molecule has 0 saturated heterocycles. The van der Waals surface area contributed by atoms with Gasteiger partial charge in [-0.2, -0.15) is 0 Å². The van der Waals surface area contributed by atoms with Crippen LogP contribution in [-0.4, -0.2) is 11.0 Å². The molecule has 1 aromatic heterocycles. The minimum Gasteiger partial charge on any atom is -0.381 e. The summed E-state index contributed by atoms with van der Waals surface area (Å²) in [5.74, 6) is 1.55. The molecule has 0 radical (unpaired) electrons. The number of halogens is 1. The number of anilines is 1. The van der Waals surface area contributed by atoms with E-state index in [1.165, 1.54) is 31.4 Å². The van der Waals surface area contributed by atoms with Crippen LogP contribution in [-0.2, 0) is 0 Å². The van der Waals surface area contributed by atoms with E-state index >= 15 is 0 Å². The van der Waals surface area contributed by atoms with Gasteiger partial charge in [0.15, 0.2) is 0 Å². The molecule has 0 aliphatic heterocycles. The van der Waals surface area contributed by atoms with Crippen molar-refractivity contribution in [1.29, 1.82) is 0 Å². The summed E-state index contributed by atoms with van der Waals surface area (Å²) in [4.78, 5) is 4.46. The zero-order chi connectivity index (χ0) is 13.1. The molecule has 2 unspecified atom stereocenters. The second kappa shape index (κ2) is 6.05. The molecule has 100 valence electrons. The quantitative estimate of drug-likeness (QED) is 0.813. The van der Waals surface area contributed by atoms with Crippen molar-refractivity contribution in [3.63, 3.8) is 0 Å². The number of nitrogens with zero attached hydrogens (tertiary/aromatic N) is 1. The number of aryl methyl sites for hydroxylation is 1. The van der Waals surface area contributed by atoms with Crippen molar-refractivity contribution >= 4 is 21.6 Å². The first kappa shape index (κ1) is 13.9. The summed E-state index contributed by atoms with van der Waals surface area (Å²) in [5, 5.41) is 3.72. The zero-order valence-electron chi connectivity index (χ0n) is 11.5. The predicted molar refractivity (Wildman–Crippen MR) is 80.9 cm³/mol. The number of hydrogen-bond donors (Lipinski definition) is 1. The average Bonchev–Trinajstić information content (AvgIpc) is 2.33. The Hall–Kier alpha value is -0.570. The van der Waals surface area contributed by atoms with Crippen LogP contribution in [0.5, 0.6) is 0 Å². The van der Waals surface area contributed by atoms with E-state index in [9.17, 15) is 0 Å². The molecule has 3 heteroatoms. The molecule has 2 atom stereocenters. The first-order valence-corrected chi connectivity index (χ1v) is 7.77. The Morgan fingerprint density at radius 3 is 2.67 bits per heavy atom. The molecule has 2 nitrogen and oxygen atoms in total. The minimum absolute atomic E-state index is 0.612. The highest BCUT2D eigenvalue weighted by Gasteiger charge is 2.27. The van der Waals surface area contributed by atoms with Crippen molar-refractivity contribution in [2.75, 3.05) is 5.32 Å². The second-order valence-corrected chi connectivity index (χ2v) is 6.52. The van der Waals surface area contributed by atoms with Crippen LogP contribution in [0.3, 0.4) is 0 Å². The van der Waals surface area contributed by atoms with Crippen LogP contribution in [0, 0.1) is 18.8 Å². The Morgan fingerprint density at radius 1 is 1.28 bits per heavy atom. The molecule has 2 rings (SSSR count). The number of aromatic nitrogens is 1. The molecule has 0 bridgehead atoms. The van der Waals surface area contributed by atoms with Crippen molar-refractivity contribution in [3.8, 4) is 0 Å². The Balaban J connectivity index is 2.11. The summed E-state index contributed by atoms with van der Waals surface area (Å²) in [5.41, 5.74) is 2.27. The smallest absolute Gasteiger partial charge is 0.106 e. The number of nitrogens with one attached hydrogen (secondary N) is 1. The van der Waals surface area contributed by atoms with Crippen LogP contribution in [0.4, 0.5) is 5.69 Å². The van der Waals surface area contributed by atoms with E-state index < -0.39 is 0 Å². The van der Waals surface area contributed by atoms with E-state index in [4.69, 9.17) is 0 Å². The standard InChI is InChI=1S/C15H23BrN2/c1-10(2)12-6-4-5-7-14(12)18-13-8-9-15(16)17-11(13)3/h8-10,12,14,18H,4-7H2,1-3H3. The topological polar surface area (TPSA) is 24.9 Å². The van der Waals surface area contributed by atoms with Crippen molar-refractivity contribution in [1.82, 2.24) is 4.98 Å². The summed E-state index contributed by atoms with van der Waals surface area (Å²) in [7, 11) is 0. The maximum absolute atomic E-state index is 4.46. The highest BCUT2D eigenvalue weighted by Crippen LogP contribution is 2.32. The molecular weight excluding hydrogens is 288 g/mol.